The van der Waals surface area contributed by atoms with E-state index in [1.807, 2.05) is 48.5 Å². The van der Waals surface area contributed by atoms with E-state index in [-0.39, 0.29) is 0 Å². The van der Waals surface area contributed by atoms with Crippen LogP contribution in [-0.2, 0) is 24.1 Å². The van der Waals surface area contributed by atoms with Crippen LogP contribution in [0.3, 0.4) is 0 Å². The van der Waals surface area contributed by atoms with Crippen molar-refractivity contribution in [1.82, 2.24) is 4.90 Å². The largest absolute Gasteiger partial charge is 0.324 e. The molecule has 3 aromatic carbocycles. The van der Waals surface area contributed by atoms with Crippen molar-refractivity contribution < 1.29 is 14.4 Å². The zero-order chi connectivity index (χ0) is 26.4. The highest BCUT2D eigenvalue weighted by molar-refractivity contribution is 9.10. The SMILES string of the molecule is Cc1c(NC(=O)[C@H](C)N2C(=O)[C@@H]3[C@@H](C2=O)C2(Cl)c4ccccc4C3(Cl)c3ccccc32)ccc(Br)c1Cl. The van der Waals surface area contributed by atoms with Gasteiger partial charge in [0.15, 0.2) is 0 Å². The molecule has 7 rings (SSSR count). The number of nitrogens with zero attached hydrogens (tertiary/aromatic N) is 1. The first kappa shape index (κ1) is 24.9. The first-order valence-corrected chi connectivity index (χ1v) is 13.7. The van der Waals surface area contributed by atoms with Gasteiger partial charge in [-0.05, 0) is 69.7 Å². The van der Waals surface area contributed by atoms with Crippen LogP contribution >= 0.6 is 50.7 Å². The number of halogens is 4. The third-order valence-corrected chi connectivity index (χ3v) is 10.6. The van der Waals surface area contributed by atoms with E-state index in [2.05, 4.69) is 21.2 Å². The summed E-state index contributed by atoms with van der Waals surface area (Å²) in [4.78, 5) is 39.8. The van der Waals surface area contributed by atoms with Gasteiger partial charge >= 0.3 is 0 Å². The van der Waals surface area contributed by atoms with Crippen LogP contribution in [0.2, 0.25) is 5.02 Å². The number of benzene rings is 3. The summed E-state index contributed by atoms with van der Waals surface area (Å²) in [5.41, 5.74) is 4.01. The summed E-state index contributed by atoms with van der Waals surface area (Å²) in [7, 11) is 0. The molecule has 1 aliphatic heterocycles. The standard InChI is InChI=1S/C28H20BrCl3N2O3/c1-13-20(12-11-19(29)23(13)30)33-24(35)14(2)34-25(36)21-22(26(34)37)28(32)16-8-4-3-7-15(16)27(21,31)17-9-5-6-10-18(17)28/h3-12,14,21-22H,1-2H3,(H,33,35)/t14-,21-,22-,27?,28?/m0/s1. The van der Waals surface area contributed by atoms with Crippen molar-refractivity contribution in [2.75, 3.05) is 5.32 Å². The fourth-order valence-corrected chi connectivity index (χ4v) is 7.90. The minimum atomic E-state index is -1.29. The second kappa shape index (κ2) is 8.31. The summed E-state index contributed by atoms with van der Waals surface area (Å²) in [6.45, 7) is 3.30. The van der Waals surface area contributed by atoms with Crippen LogP contribution in [-0.4, -0.2) is 28.7 Å². The third-order valence-electron chi connectivity index (χ3n) is 7.98. The molecule has 3 aliphatic carbocycles. The number of hydrogen-bond donors (Lipinski definition) is 1. The number of anilines is 1. The Morgan fingerprint density at radius 2 is 1.32 bits per heavy atom. The van der Waals surface area contributed by atoms with Gasteiger partial charge in [0, 0.05) is 10.2 Å². The van der Waals surface area contributed by atoms with Crippen LogP contribution in [0.25, 0.3) is 0 Å². The van der Waals surface area contributed by atoms with Crippen LogP contribution in [0.5, 0.6) is 0 Å². The van der Waals surface area contributed by atoms with Gasteiger partial charge in [0.2, 0.25) is 17.7 Å². The lowest BCUT2D eigenvalue weighted by molar-refractivity contribution is -0.146. The average Bonchev–Trinajstić information content (AvgIpc) is 3.18. The number of amides is 3. The lowest BCUT2D eigenvalue weighted by Crippen LogP contribution is -2.57. The summed E-state index contributed by atoms with van der Waals surface area (Å²) in [5.74, 6) is -3.44. The molecule has 2 bridgehead atoms. The minimum absolute atomic E-state index is 0.463. The number of carbonyl (C=O) groups is 3. The maximum Gasteiger partial charge on any atom is 0.247 e. The van der Waals surface area contributed by atoms with Gasteiger partial charge in [-0.15, -0.1) is 23.2 Å². The topological polar surface area (TPSA) is 66.5 Å². The number of hydrogen-bond acceptors (Lipinski definition) is 3. The number of nitrogens with one attached hydrogen (secondary N) is 1. The molecule has 0 radical (unpaired) electrons. The second-order valence-corrected chi connectivity index (χ2v) is 12.1. The number of alkyl halides is 2. The van der Waals surface area contributed by atoms with Crippen molar-refractivity contribution in [3.63, 3.8) is 0 Å². The van der Waals surface area contributed by atoms with Gasteiger partial charge in [-0.25, -0.2) is 0 Å². The van der Waals surface area contributed by atoms with Gasteiger partial charge in [-0.2, -0.15) is 0 Å². The Bertz CT molecular complexity index is 1420. The van der Waals surface area contributed by atoms with E-state index in [0.717, 1.165) is 4.90 Å². The minimum Gasteiger partial charge on any atom is -0.324 e. The van der Waals surface area contributed by atoms with Crippen molar-refractivity contribution in [3.05, 3.63) is 98.0 Å². The molecule has 1 saturated heterocycles. The van der Waals surface area contributed by atoms with Crippen LogP contribution in [0.1, 0.15) is 34.7 Å². The van der Waals surface area contributed by atoms with E-state index in [9.17, 15) is 14.4 Å². The molecule has 37 heavy (non-hydrogen) atoms. The van der Waals surface area contributed by atoms with Gasteiger partial charge in [0.1, 0.15) is 15.8 Å². The van der Waals surface area contributed by atoms with E-state index >= 15 is 0 Å². The van der Waals surface area contributed by atoms with Crippen molar-refractivity contribution in [2.45, 2.75) is 29.6 Å². The molecule has 1 fully saturated rings. The van der Waals surface area contributed by atoms with Gasteiger partial charge in [-0.3, -0.25) is 19.3 Å². The second-order valence-electron chi connectivity index (χ2n) is 9.72. The predicted molar refractivity (Wildman–Crippen MR) is 147 cm³/mol. The summed E-state index contributed by atoms with van der Waals surface area (Å²) < 4.78 is 0.695. The Morgan fingerprint density at radius 3 is 1.76 bits per heavy atom. The molecule has 3 atom stereocenters. The zero-order valence-electron chi connectivity index (χ0n) is 19.7. The number of imide groups is 1. The number of likely N-dealkylation sites (tertiary alicyclic amines) is 1. The summed E-state index contributed by atoms with van der Waals surface area (Å²) >= 11 is 24.6. The monoisotopic (exact) mass is 616 g/mol. The van der Waals surface area contributed by atoms with Gasteiger partial charge in [0.05, 0.1) is 16.9 Å². The fourth-order valence-electron chi connectivity index (χ4n) is 6.21. The van der Waals surface area contributed by atoms with Crippen LogP contribution in [0.15, 0.2) is 65.1 Å². The maximum absolute atomic E-state index is 14.0. The Kier molecular flexibility index (Phi) is 5.60. The van der Waals surface area contributed by atoms with Crippen LogP contribution in [0, 0.1) is 18.8 Å². The smallest absolute Gasteiger partial charge is 0.247 e. The molecular formula is C28H20BrCl3N2O3. The molecule has 5 nitrogen and oxygen atoms in total. The first-order valence-electron chi connectivity index (χ1n) is 11.7. The van der Waals surface area contributed by atoms with E-state index in [1.54, 1.807) is 19.1 Å². The van der Waals surface area contributed by atoms with E-state index < -0.39 is 45.3 Å². The summed E-state index contributed by atoms with van der Waals surface area (Å²) in [6, 6.07) is 17.2. The first-order chi connectivity index (χ1) is 17.5. The molecule has 4 aliphatic rings. The maximum atomic E-state index is 14.0. The third kappa shape index (κ3) is 3.07. The average molecular weight is 619 g/mol. The molecule has 188 valence electrons. The van der Waals surface area contributed by atoms with Gasteiger partial charge in [0.25, 0.3) is 0 Å². The molecule has 0 aromatic heterocycles. The lowest BCUT2D eigenvalue weighted by atomic mass is 9.54. The Morgan fingerprint density at radius 1 is 0.892 bits per heavy atom. The quantitative estimate of drug-likeness (QED) is 0.276. The fraction of sp³-hybridized carbons (Fsp3) is 0.250. The van der Waals surface area contributed by atoms with Crippen molar-refractivity contribution in [2.24, 2.45) is 11.8 Å². The van der Waals surface area contributed by atoms with Crippen molar-refractivity contribution in [3.8, 4) is 0 Å². The lowest BCUT2D eigenvalue weighted by Gasteiger charge is -2.54. The molecule has 1 heterocycles. The molecule has 3 amide bonds. The highest BCUT2D eigenvalue weighted by atomic mass is 79.9. The molecule has 1 N–H and O–H groups in total. The molecule has 3 aromatic rings. The normalized spacial score (nSPS) is 28.0. The number of rotatable bonds is 3. The molecule has 0 spiro atoms. The number of carbonyl (C=O) groups excluding carboxylic acids is 3. The summed E-state index contributed by atoms with van der Waals surface area (Å²) in [5, 5.41) is 3.28. The molecule has 9 heteroatoms. The Labute approximate surface area is 237 Å². The van der Waals surface area contributed by atoms with E-state index in [0.29, 0.717) is 43.0 Å². The Hall–Kier alpha value is -2.38. The van der Waals surface area contributed by atoms with Crippen LogP contribution in [0.4, 0.5) is 5.69 Å². The van der Waals surface area contributed by atoms with E-state index in [1.165, 1.54) is 6.92 Å². The summed E-state index contributed by atoms with van der Waals surface area (Å²) in [6.07, 6.45) is 0. The van der Waals surface area contributed by atoms with Crippen LogP contribution < -0.4 is 5.32 Å². The van der Waals surface area contributed by atoms with Crippen molar-refractivity contribution >= 4 is 74.1 Å². The molecule has 0 saturated carbocycles. The van der Waals surface area contributed by atoms with Crippen molar-refractivity contribution in [1.29, 1.82) is 0 Å². The Balaban J connectivity index is 1.43. The molecule has 0 unspecified atom stereocenters. The molecular weight excluding hydrogens is 599 g/mol. The van der Waals surface area contributed by atoms with Gasteiger partial charge in [-0.1, -0.05) is 60.1 Å². The highest BCUT2D eigenvalue weighted by Crippen LogP contribution is 2.69. The highest BCUT2D eigenvalue weighted by Gasteiger charge is 2.73. The predicted octanol–water partition coefficient (Wildman–Crippen LogP) is 6.33. The van der Waals surface area contributed by atoms with E-state index in [4.69, 9.17) is 34.8 Å². The zero-order valence-corrected chi connectivity index (χ0v) is 23.5. The van der Waals surface area contributed by atoms with Gasteiger partial charge < -0.3 is 5.32 Å².